The molecule has 2 aliphatic heterocycles. The normalized spacial score (nSPS) is 48.0. The van der Waals surface area contributed by atoms with E-state index in [0.29, 0.717) is 0 Å². The van der Waals surface area contributed by atoms with Gasteiger partial charge in [-0.05, 0) is 37.8 Å². The molecule has 0 aromatic carbocycles. The third-order valence-corrected chi connectivity index (χ3v) is 2.20. The summed E-state index contributed by atoms with van der Waals surface area (Å²) in [4.78, 5) is 0. The molecule has 1 nitrogen and oxygen atoms in total. The Morgan fingerprint density at radius 1 is 1.00 bits per heavy atom. The van der Waals surface area contributed by atoms with Crippen LogP contribution in [0.1, 0.15) is 12.8 Å². The molecule has 0 unspecified atom stereocenters. The Morgan fingerprint density at radius 3 is 1.71 bits per heavy atom. The van der Waals surface area contributed by atoms with Gasteiger partial charge in [0, 0.05) is 0 Å². The van der Waals surface area contributed by atoms with Gasteiger partial charge in [-0.15, -0.1) is 0 Å². The Balaban J connectivity index is 1.99. The second-order valence-corrected chi connectivity index (χ2v) is 2.86. The van der Waals surface area contributed by atoms with Crippen LogP contribution in [0.3, 0.4) is 0 Å². The average molecular weight is 97.2 g/mol. The predicted molar refractivity (Wildman–Crippen MR) is 29.1 cm³/mol. The highest BCUT2D eigenvalue weighted by atomic mass is 14.9. The summed E-state index contributed by atoms with van der Waals surface area (Å²) in [5, 5.41) is 3.38. The molecule has 2 bridgehead atoms. The molecule has 0 aromatic rings. The molecule has 3 fully saturated rings. The molecule has 1 N–H and O–H groups in total. The summed E-state index contributed by atoms with van der Waals surface area (Å²) in [7, 11) is 0. The van der Waals surface area contributed by atoms with E-state index in [-0.39, 0.29) is 0 Å². The van der Waals surface area contributed by atoms with Crippen molar-refractivity contribution < 1.29 is 0 Å². The van der Waals surface area contributed by atoms with E-state index in [1.54, 1.807) is 0 Å². The molecule has 1 heteroatoms. The number of hydrogen-bond donors (Lipinski definition) is 1. The van der Waals surface area contributed by atoms with Gasteiger partial charge in [0.05, 0.1) is 0 Å². The van der Waals surface area contributed by atoms with E-state index in [9.17, 15) is 0 Å². The van der Waals surface area contributed by atoms with Gasteiger partial charge >= 0.3 is 0 Å². The zero-order chi connectivity index (χ0) is 4.69. The first-order chi connectivity index (χ1) is 3.45. The summed E-state index contributed by atoms with van der Waals surface area (Å²) in [5.74, 6) is 2.14. The van der Waals surface area contributed by atoms with Crippen LogP contribution in [-0.4, -0.2) is 13.1 Å². The average Bonchev–Trinajstić information content (AvgIpc) is 1.67. The van der Waals surface area contributed by atoms with Gasteiger partial charge in [0.15, 0.2) is 0 Å². The predicted octanol–water partition coefficient (Wildman–Crippen LogP) is 0.616. The van der Waals surface area contributed by atoms with Crippen LogP contribution >= 0.6 is 0 Å². The molecule has 2 heterocycles. The molecule has 2 saturated heterocycles. The first-order valence-electron chi connectivity index (χ1n) is 3.16. The van der Waals surface area contributed by atoms with Gasteiger partial charge in [-0.1, -0.05) is 0 Å². The van der Waals surface area contributed by atoms with Gasteiger partial charge in [-0.2, -0.15) is 0 Å². The highest BCUT2D eigenvalue weighted by molar-refractivity contribution is 4.87. The second kappa shape index (κ2) is 1.22. The lowest BCUT2D eigenvalue weighted by Gasteiger charge is -2.41. The van der Waals surface area contributed by atoms with Crippen LogP contribution in [0, 0.1) is 11.8 Å². The molecule has 0 aromatic heterocycles. The van der Waals surface area contributed by atoms with E-state index in [0.717, 1.165) is 11.8 Å². The van der Waals surface area contributed by atoms with Gasteiger partial charge in [0.2, 0.25) is 0 Å². The van der Waals surface area contributed by atoms with Crippen molar-refractivity contribution in [3.8, 4) is 0 Å². The lowest BCUT2D eigenvalue weighted by molar-refractivity contribution is 0.135. The van der Waals surface area contributed by atoms with Crippen molar-refractivity contribution in [1.29, 1.82) is 0 Å². The minimum atomic E-state index is 1.07. The Bertz CT molecular complexity index is 60.7. The van der Waals surface area contributed by atoms with Crippen LogP contribution in [0.5, 0.6) is 0 Å². The SMILES string of the molecule is C1NC[C@H]2C[C@@H]1C2. The number of fused-ring (bicyclic) bond motifs is 2. The molecule has 0 atom stereocenters. The highest BCUT2D eigenvalue weighted by Gasteiger charge is 2.32. The van der Waals surface area contributed by atoms with Gasteiger partial charge in [-0.25, -0.2) is 0 Å². The fourth-order valence-electron chi connectivity index (χ4n) is 1.70. The van der Waals surface area contributed by atoms with Crippen LogP contribution in [0.25, 0.3) is 0 Å². The smallest absolute Gasteiger partial charge is 0.00202 e. The first-order valence-corrected chi connectivity index (χ1v) is 3.16. The molecule has 1 aliphatic carbocycles. The van der Waals surface area contributed by atoms with Gasteiger partial charge in [-0.3, -0.25) is 0 Å². The summed E-state index contributed by atoms with van der Waals surface area (Å²) in [6.45, 7) is 2.60. The standard InChI is InChI=1S/C6H11N/c1-5-2-6(1)4-7-3-5/h5-7H,1-4H2/t5-,6+. The first kappa shape index (κ1) is 3.90. The number of rotatable bonds is 0. The van der Waals surface area contributed by atoms with Crippen molar-refractivity contribution in [1.82, 2.24) is 5.32 Å². The Hall–Kier alpha value is -0.0400. The number of hydrogen-bond acceptors (Lipinski definition) is 1. The lowest BCUT2D eigenvalue weighted by atomic mass is 9.72. The summed E-state index contributed by atoms with van der Waals surface area (Å²) in [6.07, 6.45) is 3.04. The molecule has 1 saturated carbocycles. The fourth-order valence-corrected chi connectivity index (χ4v) is 1.70. The van der Waals surface area contributed by atoms with Gasteiger partial charge < -0.3 is 5.32 Å². The minimum absolute atomic E-state index is 1.07. The number of nitrogens with one attached hydrogen (secondary N) is 1. The summed E-state index contributed by atoms with van der Waals surface area (Å²) >= 11 is 0. The van der Waals surface area contributed by atoms with Crippen LogP contribution < -0.4 is 5.32 Å². The summed E-state index contributed by atoms with van der Waals surface area (Å²) in [6, 6.07) is 0. The van der Waals surface area contributed by atoms with Crippen molar-refractivity contribution in [2.45, 2.75) is 12.8 Å². The molecule has 3 aliphatic rings. The largest absolute Gasteiger partial charge is 0.316 e. The van der Waals surface area contributed by atoms with Crippen LogP contribution in [0.2, 0.25) is 0 Å². The monoisotopic (exact) mass is 97.1 g/mol. The topological polar surface area (TPSA) is 12.0 Å². The maximum absolute atomic E-state index is 3.38. The Kier molecular flexibility index (Phi) is 0.680. The molecule has 0 radical (unpaired) electrons. The molecule has 3 rings (SSSR count). The molecular weight excluding hydrogens is 86.1 g/mol. The van der Waals surface area contributed by atoms with E-state index >= 15 is 0 Å². The van der Waals surface area contributed by atoms with Crippen LogP contribution in [0.4, 0.5) is 0 Å². The van der Waals surface area contributed by atoms with E-state index in [2.05, 4.69) is 5.32 Å². The van der Waals surface area contributed by atoms with Gasteiger partial charge in [0.25, 0.3) is 0 Å². The van der Waals surface area contributed by atoms with E-state index in [1.807, 2.05) is 0 Å². The van der Waals surface area contributed by atoms with E-state index in [1.165, 1.54) is 25.9 Å². The fraction of sp³-hybridized carbons (Fsp3) is 1.00. The van der Waals surface area contributed by atoms with E-state index < -0.39 is 0 Å². The van der Waals surface area contributed by atoms with Crippen molar-refractivity contribution in [2.75, 3.05) is 13.1 Å². The Morgan fingerprint density at radius 2 is 1.57 bits per heavy atom. The van der Waals surface area contributed by atoms with Crippen LogP contribution in [0.15, 0.2) is 0 Å². The zero-order valence-electron chi connectivity index (χ0n) is 4.48. The molecule has 40 valence electrons. The van der Waals surface area contributed by atoms with Gasteiger partial charge in [0.1, 0.15) is 0 Å². The zero-order valence-corrected chi connectivity index (χ0v) is 4.48. The van der Waals surface area contributed by atoms with Crippen molar-refractivity contribution in [3.63, 3.8) is 0 Å². The Labute approximate surface area is 44.1 Å². The van der Waals surface area contributed by atoms with Crippen molar-refractivity contribution >= 4 is 0 Å². The number of piperidine rings is 2. The minimum Gasteiger partial charge on any atom is -0.316 e. The highest BCUT2D eigenvalue weighted by Crippen LogP contribution is 2.35. The van der Waals surface area contributed by atoms with Crippen LogP contribution in [-0.2, 0) is 0 Å². The summed E-state index contributed by atoms with van der Waals surface area (Å²) < 4.78 is 0. The maximum atomic E-state index is 3.38. The third kappa shape index (κ3) is 0.480. The molecule has 0 spiro atoms. The quantitative estimate of drug-likeness (QED) is 0.467. The van der Waals surface area contributed by atoms with E-state index in [4.69, 9.17) is 0 Å². The second-order valence-electron chi connectivity index (χ2n) is 2.86. The van der Waals surface area contributed by atoms with Crippen molar-refractivity contribution in [2.24, 2.45) is 11.8 Å². The lowest BCUT2D eigenvalue weighted by Crippen LogP contribution is -2.45. The molecule has 7 heavy (non-hydrogen) atoms. The third-order valence-electron chi connectivity index (χ3n) is 2.20. The maximum Gasteiger partial charge on any atom is -0.00202 e. The summed E-state index contributed by atoms with van der Waals surface area (Å²) in [5.41, 5.74) is 0. The molecular formula is C6H11N. The molecule has 0 amide bonds. The van der Waals surface area contributed by atoms with Crippen molar-refractivity contribution in [3.05, 3.63) is 0 Å².